The minimum absolute atomic E-state index is 0.0339. The fraction of sp³-hybridized carbons (Fsp3) is 0.967. The van der Waals surface area contributed by atoms with Crippen molar-refractivity contribution in [3.63, 3.8) is 0 Å². The maximum Gasteiger partial charge on any atom is 0.312 e. The van der Waals surface area contributed by atoms with E-state index in [0.717, 1.165) is 25.7 Å². The zero-order valence-corrected chi connectivity index (χ0v) is 22.3. The summed E-state index contributed by atoms with van der Waals surface area (Å²) >= 11 is 0. The summed E-state index contributed by atoms with van der Waals surface area (Å²) < 4.78 is 6.19. The Morgan fingerprint density at radius 1 is 0.727 bits per heavy atom. The normalized spacial score (nSPS) is 58.4. The highest BCUT2D eigenvalue weighted by atomic mass is 16.5. The van der Waals surface area contributed by atoms with Crippen LogP contribution in [0.5, 0.6) is 0 Å². The summed E-state index contributed by atoms with van der Waals surface area (Å²) in [4.78, 5) is 13.7. The number of aliphatic hydroxyl groups excluding tert-OH is 1. The topological polar surface area (TPSA) is 46.5 Å². The van der Waals surface area contributed by atoms with E-state index < -0.39 is 0 Å². The van der Waals surface area contributed by atoms with E-state index in [0.29, 0.717) is 23.7 Å². The van der Waals surface area contributed by atoms with Gasteiger partial charge in [-0.1, -0.05) is 48.5 Å². The SMILES string of the molecule is CC1(C)CC[C@]2(C)[C@H](CC[C@@]3(C)[C@H]2CC[C@H]2[C@]45CC[C@H](OC4=O)C(C)(C)[C@@H]5CC[C@@]23C)[C@H]1O. The quantitative estimate of drug-likeness (QED) is 0.409. The number of hydrogen-bond donors (Lipinski definition) is 1. The average molecular weight is 457 g/mol. The monoisotopic (exact) mass is 456 g/mol. The molecule has 0 aromatic rings. The highest BCUT2D eigenvalue weighted by Crippen LogP contribution is 2.78. The molecule has 0 aromatic carbocycles. The molecule has 2 bridgehead atoms. The molecule has 5 saturated carbocycles. The highest BCUT2D eigenvalue weighted by molar-refractivity contribution is 5.80. The third-order valence-corrected chi connectivity index (χ3v) is 14.1. The zero-order chi connectivity index (χ0) is 23.8. The van der Waals surface area contributed by atoms with Crippen LogP contribution >= 0.6 is 0 Å². The number of aliphatic hydroxyl groups is 1. The van der Waals surface area contributed by atoms with Gasteiger partial charge >= 0.3 is 5.97 Å². The number of hydrogen-bond acceptors (Lipinski definition) is 3. The molecule has 3 nitrogen and oxygen atoms in total. The minimum Gasteiger partial charge on any atom is -0.461 e. The van der Waals surface area contributed by atoms with Gasteiger partial charge in [0.1, 0.15) is 6.10 Å². The Bertz CT molecular complexity index is 876. The van der Waals surface area contributed by atoms with Gasteiger partial charge in [-0.2, -0.15) is 0 Å². The van der Waals surface area contributed by atoms with Gasteiger partial charge in [-0.3, -0.25) is 4.79 Å². The maximum atomic E-state index is 13.7. The van der Waals surface area contributed by atoms with Gasteiger partial charge in [0.25, 0.3) is 0 Å². The zero-order valence-electron chi connectivity index (χ0n) is 22.3. The molecule has 1 spiro atoms. The van der Waals surface area contributed by atoms with E-state index in [9.17, 15) is 9.90 Å². The van der Waals surface area contributed by atoms with E-state index in [1.165, 1.54) is 38.5 Å². The smallest absolute Gasteiger partial charge is 0.312 e. The van der Waals surface area contributed by atoms with E-state index in [2.05, 4.69) is 48.5 Å². The van der Waals surface area contributed by atoms with Crippen molar-refractivity contribution in [1.29, 1.82) is 0 Å². The predicted octanol–water partition coefficient (Wildman–Crippen LogP) is 6.76. The Labute approximate surface area is 201 Å². The number of carbonyl (C=O) groups excluding carboxylic acids is 1. The maximum absolute atomic E-state index is 13.7. The third kappa shape index (κ3) is 2.40. The Balaban J connectivity index is 1.42. The van der Waals surface area contributed by atoms with Crippen molar-refractivity contribution in [3.8, 4) is 0 Å². The summed E-state index contributed by atoms with van der Waals surface area (Å²) in [5, 5.41) is 11.4. The fourth-order valence-electron chi connectivity index (χ4n) is 11.9. The Hall–Kier alpha value is -0.570. The summed E-state index contributed by atoms with van der Waals surface area (Å²) in [5.74, 6) is 2.15. The third-order valence-electron chi connectivity index (χ3n) is 14.1. The first-order chi connectivity index (χ1) is 15.3. The van der Waals surface area contributed by atoms with Gasteiger partial charge in [0.2, 0.25) is 0 Å². The van der Waals surface area contributed by atoms with Crippen LogP contribution in [0.3, 0.4) is 0 Å². The van der Waals surface area contributed by atoms with Crippen LogP contribution in [0, 0.1) is 56.2 Å². The molecule has 3 heteroatoms. The van der Waals surface area contributed by atoms with Crippen LogP contribution in [-0.2, 0) is 9.53 Å². The molecule has 0 amide bonds. The standard InChI is InChI=1S/C30H48O3/c1-25(2)16-17-27(5)18(23(25)31)10-13-28(6)20(27)8-9-21-29(28,7)14-11-19-26(3,4)22-12-15-30(19,21)24(32)33-22/h18-23,31H,8-17H2,1-7H3/t18-,19+,20+,21-,22+,23-,27-,28+,29+,30-/m1/s1. The van der Waals surface area contributed by atoms with Gasteiger partial charge in [0.15, 0.2) is 0 Å². The summed E-state index contributed by atoms with van der Waals surface area (Å²) in [6.45, 7) is 17.1. The summed E-state index contributed by atoms with van der Waals surface area (Å²) in [6, 6.07) is 0. The second-order valence-electron chi connectivity index (χ2n) is 15.5. The lowest BCUT2D eigenvalue weighted by atomic mass is 9.30. The second-order valence-corrected chi connectivity index (χ2v) is 15.5. The predicted molar refractivity (Wildman–Crippen MR) is 130 cm³/mol. The molecule has 0 unspecified atom stereocenters. The fourth-order valence-corrected chi connectivity index (χ4v) is 11.9. The van der Waals surface area contributed by atoms with Crippen LogP contribution < -0.4 is 0 Å². The van der Waals surface area contributed by atoms with Gasteiger partial charge in [0, 0.05) is 5.41 Å². The molecule has 2 heterocycles. The van der Waals surface area contributed by atoms with Gasteiger partial charge in [0.05, 0.1) is 11.5 Å². The van der Waals surface area contributed by atoms with E-state index in [4.69, 9.17) is 4.74 Å². The molecule has 0 aromatic heterocycles. The van der Waals surface area contributed by atoms with Gasteiger partial charge < -0.3 is 9.84 Å². The lowest BCUT2D eigenvalue weighted by Crippen LogP contribution is -2.73. The van der Waals surface area contributed by atoms with Crippen molar-refractivity contribution in [2.24, 2.45) is 56.2 Å². The van der Waals surface area contributed by atoms with Gasteiger partial charge in [-0.05, 0) is 110 Å². The summed E-state index contributed by atoms with van der Waals surface area (Å²) in [6.07, 6.45) is 11.6. The number of esters is 1. The highest BCUT2D eigenvalue weighted by Gasteiger charge is 2.75. The number of ether oxygens (including phenoxy) is 1. The van der Waals surface area contributed by atoms with Crippen LogP contribution in [0.15, 0.2) is 0 Å². The lowest BCUT2D eigenvalue weighted by molar-refractivity contribution is -0.293. The van der Waals surface area contributed by atoms with Crippen LogP contribution in [0.2, 0.25) is 0 Å². The molecule has 2 saturated heterocycles. The van der Waals surface area contributed by atoms with Crippen LogP contribution in [-0.4, -0.2) is 23.3 Å². The molecule has 7 fully saturated rings. The molecule has 10 atom stereocenters. The number of rotatable bonds is 0. The molecular formula is C30H48O3. The van der Waals surface area contributed by atoms with Crippen molar-refractivity contribution in [2.75, 3.05) is 0 Å². The first kappa shape index (κ1) is 22.9. The van der Waals surface area contributed by atoms with E-state index in [-0.39, 0.29) is 50.7 Å². The van der Waals surface area contributed by atoms with E-state index in [1.54, 1.807) is 0 Å². The average Bonchev–Trinajstić information content (AvgIpc) is 2.73. The minimum atomic E-state index is -0.259. The molecule has 186 valence electrons. The molecule has 7 aliphatic rings. The molecule has 1 N–H and O–H groups in total. The first-order valence-corrected chi connectivity index (χ1v) is 14.1. The van der Waals surface area contributed by atoms with Gasteiger partial charge in [-0.15, -0.1) is 0 Å². The van der Waals surface area contributed by atoms with E-state index >= 15 is 0 Å². The van der Waals surface area contributed by atoms with Gasteiger partial charge in [-0.25, -0.2) is 0 Å². The van der Waals surface area contributed by atoms with Crippen LogP contribution in [0.4, 0.5) is 0 Å². The molecule has 2 aliphatic heterocycles. The van der Waals surface area contributed by atoms with Crippen molar-refractivity contribution in [2.45, 2.75) is 125 Å². The largest absolute Gasteiger partial charge is 0.461 e. The molecule has 7 rings (SSSR count). The molecule has 0 radical (unpaired) electrons. The molecule has 33 heavy (non-hydrogen) atoms. The second kappa shape index (κ2) is 6.40. The number of fused-ring (bicyclic) bond motifs is 7. The van der Waals surface area contributed by atoms with Crippen molar-refractivity contribution in [1.82, 2.24) is 0 Å². The Kier molecular flexibility index (Phi) is 4.44. The van der Waals surface area contributed by atoms with Crippen molar-refractivity contribution >= 4 is 5.97 Å². The van der Waals surface area contributed by atoms with Crippen LogP contribution in [0.1, 0.15) is 113 Å². The number of carbonyl (C=O) groups is 1. The summed E-state index contributed by atoms with van der Waals surface area (Å²) in [5.41, 5.74) is 0.512. The Morgan fingerprint density at radius 2 is 1.36 bits per heavy atom. The van der Waals surface area contributed by atoms with Crippen LogP contribution in [0.25, 0.3) is 0 Å². The lowest BCUT2D eigenvalue weighted by Gasteiger charge is -2.75. The molecule has 5 aliphatic carbocycles. The van der Waals surface area contributed by atoms with Crippen molar-refractivity contribution < 1.29 is 14.6 Å². The Morgan fingerprint density at radius 3 is 2.06 bits per heavy atom. The first-order valence-electron chi connectivity index (χ1n) is 14.1. The van der Waals surface area contributed by atoms with E-state index in [1.807, 2.05) is 0 Å². The summed E-state index contributed by atoms with van der Waals surface area (Å²) in [7, 11) is 0. The molecular weight excluding hydrogens is 408 g/mol. The van der Waals surface area contributed by atoms with Crippen molar-refractivity contribution in [3.05, 3.63) is 0 Å².